The van der Waals surface area contributed by atoms with Crippen LogP contribution in [0.1, 0.15) is 22.8 Å². The van der Waals surface area contributed by atoms with Crippen LogP contribution in [0.2, 0.25) is 0 Å². The first-order valence-electron chi connectivity index (χ1n) is 5.11. The minimum atomic E-state index is -0.366. The molecule has 0 aliphatic rings. The molecule has 1 atom stereocenters. The SMILES string of the molecule is COCC(C)OC(=O)c1cccc(N)c1C. The van der Waals surface area contributed by atoms with Crippen LogP contribution in [-0.4, -0.2) is 25.8 Å². The van der Waals surface area contributed by atoms with Gasteiger partial charge < -0.3 is 15.2 Å². The van der Waals surface area contributed by atoms with Gasteiger partial charge >= 0.3 is 5.97 Å². The third kappa shape index (κ3) is 2.97. The van der Waals surface area contributed by atoms with Crippen molar-refractivity contribution in [3.8, 4) is 0 Å². The Bertz CT molecular complexity index is 377. The Labute approximate surface area is 95.3 Å². The van der Waals surface area contributed by atoms with E-state index < -0.39 is 0 Å². The minimum Gasteiger partial charge on any atom is -0.457 e. The summed E-state index contributed by atoms with van der Waals surface area (Å²) in [6.45, 7) is 3.96. The maximum atomic E-state index is 11.8. The Balaban J connectivity index is 2.77. The van der Waals surface area contributed by atoms with Crippen molar-refractivity contribution in [2.75, 3.05) is 19.5 Å². The van der Waals surface area contributed by atoms with Gasteiger partial charge in [0.1, 0.15) is 6.10 Å². The predicted molar refractivity (Wildman–Crippen MR) is 62.3 cm³/mol. The Kier molecular flexibility index (Phi) is 4.31. The Morgan fingerprint density at radius 2 is 2.19 bits per heavy atom. The molecule has 1 aromatic carbocycles. The van der Waals surface area contributed by atoms with Gasteiger partial charge in [-0.15, -0.1) is 0 Å². The van der Waals surface area contributed by atoms with E-state index in [4.69, 9.17) is 15.2 Å². The van der Waals surface area contributed by atoms with Crippen molar-refractivity contribution in [3.63, 3.8) is 0 Å². The molecule has 1 rings (SSSR count). The molecule has 2 N–H and O–H groups in total. The molecule has 0 fully saturated rings. The van der Waals surface area contributed by atoms with Gasteiger partial charge in [0.25, 0.3) is 0 Å². The van der Waals surface area contributed by atoms with E-state index in [0.717, 1.165) is 5.56 Å². The normalized spacial score (nSPS) is 12.2. The van der Waals surface area contributed by atoms with Crippen LogP contribution in [0.15, 0.2) is 18.2 Å². The number of benzene rings is 1. The van der Waals surface area contributed by atoms with Gasteiger partial charge in [-0.3, -0.25) is 0 Å². The molecule has 0 spiro atoms. The Morgan fingerprint density at radius 3 is 2.81 bits per heavy atom. The third-order valence-corrected chi connectivity index (χ3v) is 2.31. The molecule has 0 aliphatic heterocycles. The van der Waals surface area contributed by atoms with E-state index in [1.165, 1.54) is 0 Å². The standard InChI is InChI=1S/C12H17NO3/c1-8(7-15-3)16-12(14)10-5-4-6-11(13)9(10)2/h4-6,8H,7,13H2,1-3H3. The zero-order chi connectivity index (χ0) is 12.1. The van der Waals surface area contributed by atoms with E-state index in [-0.39, 0.29) is 12.1 Å². The molecule has 4 nitrogen and oxygen atoms in total. The molecular formula is C12H17NO3. The maximum Gasteiger partial charge on any atom is 0.338 e. The number of hydrogen-bond acceptors (Lipinski definition) is 4. The average Bonchev–Trinajstić information content (AvgIpc) is 2.22. The van der Waals surface area contributed by atoms with Gasteiger partial charge in [0.05, 0.1) is 12.2 Å². The van der Waals surface area contributed by atoms with Gasteiger partial charge in [-0.1, -0.05) is 6.07 Å². The summed E-state index contributed by atoms with van der Waals surface area (Å²) in [6, 6.07) is 5.19. The van der Waals surface area contributed by atoms with Crippen molar-refractivity contribution in [3.05, 3.63) is 29.3 Å². The number of ether oxygens (including phenoxy) is 2. The van der Waals surface area contributed by atoms with Gasteiger partial charge in [0, 0.05) is 12.8 Å². The zero-order valence-electron chi connectivity index (χ0n) is 9.82. The van der Waals surface area contributed by atoms with Gasteiger partial charge in [0.2, 0.25) is 0 Å². The molecule has 0 radical (unpaired) electrons. The fourth-order valence-corrected chi connectivity index (χ4v) is 1.39. The highest BCUT2D eigenvalue weighted by Gasteiger charge is 2.14. The quantitative estimate of drug-likeness (QED) is 0.624. The summed E-state index contributed by atoms with van der Waals surface area (Å²) in [7, 11) is 1.57. The third-order valence-electron chi connectivity index (χ3n) is 2.31. The highest BCUT2D eigenvalue weighted by Crippen LogP contribution is 2.16. The second kappa shape index (κ2) is 5.51. The molecule has 0 bridgehead atoms. The molecule has 0 saturated heterocycles. The van der Waals surface area contributed by atoms with Crippen LogP contribution in [-0.2, 0) is 9.47 Å². The first-order valence-corrected chi connectivity index (χ1v) is 5.11. The Morgan fingerprint density at radius 1 is 1.50 bits per heavy atom. The molecule has 88 valence electrons. The summed E-state index contributed by atoms with van der Waals surface area (Å²) in [5.74, 6) is -0.366. The van der Waals surface area contributed by atoms with E-state index in [1.807, 2.05) is 0 Å². The van der Waals surface area contributed by atoms with E-state index in [9.17, 15) is 4.79 Å². The number of methoxy groups -OCH3 is 1. The van der Waals surface area contributed by atoms with Crippen molar-refractivity contribution < 1.29 is 14.3 Å². The molecule has 0 amide bonds. The van der Waals surface area contributed by atoms with Crippen LogP contribution in [0.4, 0.5) is 5.69 Å². The molecule has 16 heavy (non-hydrogen) atoms. The molecular weight excluding hydrogens is 206 g/mol. The van der Waals surface area contributed by atoms with E-state index in [2.05, 4.69) is 0 Å². The molecule has 0 saturated carbocycles. The number of rotatable bonds is 4. The second-order valence-corrected chi connectivity index (χ2v) is 3.69. The highest BCUT2D eigenvalue weighted by molar-refractivity contribution is 5.92. The van der Waals surface area contributed by atoms with Crippen molar-refractivity contribution >= 4 is 11.7 Å². The Hall–Kier alpha value is -1.55. The molecule has 1 unspecified atom stereocenters. The second-order valence-electron chi connectivity index (χ2n) is 3.69. The van der Waals surface area contributed by atoms with E-state index in [1.54, 1.807) is 39.2 Å². The van der Waals surface area contributed by atoms with Gasteiger partial charge in [0.15, 0.2) is 0 Å². The lowest BCUT2D eigenvalue weighted by Crippen LogP contribution is -2.20. The van der Waals surface area contributed by atoms with Crippen LogP contribution in [0.5, 0.6) is 0 Å². The maximum absolute atomic E-state index is 11.8. The van der Waals surface area contributed by atoms with Crippen molar-refractivity contribution in [1.82, 2.24) is 0 Å². The van der Waals surface area contributed by atoms with Gasteiger partial charge in [-0.05, 0) is 31.5 Å². The number of nitrogens with two attached hydrogens (primary N) is 1. The number of nitrogen functional groups attached to an aromatic ring is 1. The first-order chi connectivity index (χ1) is 7.56. The fraction of sp³-hybridized carbons (Fsp3) is 0.417. The highest BCUT2D eigenvalue weighted by atomic mass is 16.6. The number of esters is 1. The lowest BCUT2D eigenvalue weighted by molar-refractivity contribution is 0.0119. The predicted octanol–water partition coefficient (Wildman–Crippen LogP) is 1.77. The van der Waals surface area contributed by atoms with Crippen LogP contribution < -0.4 is 5.73 Å². The number of carbonyl (C=O) groups excluding carboxylic acids is 1. The van der Waals surface area contributed by atoms with Gasteiger partial charge in [-0.25, -0.2) is 4.79 Å². The van der Waals surface area contributed by atoms with Crippen molar-refractivity contribution in [1.29, 1.82) is 0 Å². The summed E-state index contributed by atoms with van der Waals surface area (Å²) in [4.78, 5) is 11.8. The van der Waals surface area contributed by atoms with Crippen LogP contribution >= 0.6 is 0 Å². The topological polar surface area (TPSA) is 61.5 Å². The zero-order valence-corrected chi connectivity index (χ0v) is 9.82. The lowest BCUT2D eigenvalue weighted by Gasteiger charge is -2.13. The minimum absolute atomic E-state index is 0.265. The molecule has 4 heteroatoms. The summed E-state index contributed by atoms with van der Waals surface area (Å²) in [5, 5.41) is 0. The fourth-order valence-electron chi connectivity index (χ4n) is 1.39. The first kappa shape index (κ1) is 12.5. The molecule has 1 aromatic rings. The number of hydrogen-bond donors (Lipinski definition) is 1. The van der Waals surface area contributed by atoms with Gasteiger partial charge in [-0.2, -0.15) is 0 Å². The summed E-state index contributed by atoms with van der Waals surface area (Å²) in [5.41, 5.74) is 7.56. The largest absolute Gasteiger partial charge is 0.457 e. The molecule has 0 aromatic heterocycles. The van der Waals surface area contributed by atoms with Crippen LogP contribution in [0.3, 0.4) is 0 Å². The number of carbonyl (C=O) groups is 1. The van der Waals surface area contributed by atoms with Crippen molar-refractivity contribution in [2.24, 2.45) is 0 Å². The summed E-state index contributed by atoms with van der Waals surface area (Å²) >= 11 is 0. The summed E-state index contributed by atoms with van der Waals surface area (Å²) in [6.07, 6.45) is -0.265. The smallest absolute Gasteiger partial charge is 0.338 e. The van der Waals surface area contributed by atoms with Crippen molar-refractivity contribution in [2.45, 2.75) is 20.0 Å². The summed E-state index contributed by atoms with van der Waals surface area (Å²) < 4.78 is 10.1. The van der Waals surface area contributed by atoms with Crippen LogP contribution in [0.25, 0.3) is 0 Å². The van der Waals surface area contributed by atoms with E-state index >= 15 is 0 Å². The lowest BCUT2D eigenvalue weighted by atomic mass is 10.1. The van der Waals surface area contributed by atoms with E-state index in [0.29, 0.717) is 17.9 Å². The average molecular weight is 223 g/mol. The monoisotopic (exact) mass is 223 g/mol. The molecule has 0 aliphatic carbocycles. The number of anilines is 1. The molecule has 0 heterocycles. The van der Waals surface area contributed by atoms with Crippen LogP contribution in [0, 0.1) is 6.92 Å².